The van der Waals surface area contributed by atoms with Gasteiger partial charge in [0, 0.05) is 5.69 Å². The Balaban J connectivity index is 2.12. The van der Waals surface area contributed by atoms with Gasteiger partial charge in [-0.3, -0.25) is 4.90 Å². The van der Waals surface area contributed by atoms with Crippen molar-refractivity contribution in [2.45, 2.75) is 37.8 Å². The molecule has 4 N–H and O–H groups in total. The molecule has 0 amide bonds. The van der Waals surface area contributed by atoms with E-state index in [0.717, 1.165) is 31.4 Å². The van der Waals surface area contributed by atoms with Crippen molar-refractivity contribution in [2.24, 2.45) is 21.5 Å². The van der Waals surface area contributed by atoms with E-state index < -0.39 is 5.66 Å². The SMILES string of the molecule is NC1=NC2(CCCCC2)N(c2cc(Cl)c(Br)c(Cl)c2)C(N)=N1. The zero-order valence-electron chi connectivity index (χ0n) is 11.8. The molecule has 0 bridgehead atoms. The third kappa shape index (κ3) is 2.68. The average molecular weight is 405 g/mol. The van der Waals surface area contributed by atoms with E-state index in [9.17, 15) is 0 Å². The topological polar surface area (TPSA) is 80.0 Å². The molecule has 5 nitrogen and oxygen atoms in total. The molecule has 8 heteroatoms. The second kappa shape index (κ2) is 5.91. The van der Waals surface area contributed by atoms with Crippen LogP contribution in [0.2, 0.25) is 10.0 Å². The van der Waals surface area contributed by atoms with Gasteiger partial charge < -0.3 is 11.5 Å². The van der Waals surface area contributed by atoms with Crippen molar-refractivity contribution in [1.82, 2.24) is 0 Å². The number of nitrogens with zero attached hydrogens (tertiary/aromatic N) is 3. The van der Waals surface area contributed by atoms with E-state index in [1.807, 2.05) is 17.0 Å². The molecule has 0 atom stereocenters. The summed E-state index contributed by atoms with van der Waals surface area (Å²) in [6.45, 7) is 0. The Bertz CT molecular complexity index is 644. The molecule has 0 aromatic heterocycles. The molecule has 1 spiro atoms. The number of anilines is 1. The second-order valence-corrected chi connectivity index (χ2v) is 7.15. The third-order valence-corrected chi connectivity index (χ3v) is 5.99. The maximum Gasteiger partial charge on any atom is 0.220 e. The summed E-state index contributed by atoms with van der Waals surface area (Å²) in [6.07, 6.45) is 5.06. The first-order valence-electron chi connectivity index (χ1n) is 7.07. The summed E-state index contributed by atoms with van der Waals surface area (Å²) in [7, 11) is 0. The summed E-state index contributed by atoms with van der Waals surface area (Å²) in [4.78, 5) is 10.6. The van der Waals surface area contributed by atoms with Gasteiger partial charge in [0.1, 0.15) is 5.66 Å². The van der Waals surface area contributed by atoms with Crippen molar-refractivity contribution in [3.8, 4) is 0 Å². The van der Waals surface area contributed by atoms with Crippen molar-refractivity contribution in [1.29, 1.82) is 0 Å². The fourth-order valence-corrected chi connectivity index (χ4v) is 3.87. The highest BCUT2D eigenvalue weighted by atomic mass is 79.9. The van der Waals surface area contributed by atoms with Gasteiger partial charge in [-0.25, -0.2) is 4.99 Å². The van der Waals surface area contributed by atoms with Gasteiger partial charge >= 0.3 is 0 Å². The quantitative estimate of drug-likeness (QED) is 0.697. The summed E-state index contributed by atoms with van der Waals surface area (Å²) in [5.74, 6) is 0.550. The molecule has 1 aliphatic heterocycles. The Labute approximate surface area is 147 Å². The minimum Gasteiger partial charge on any atom is -0.369 e. The Hall–Kier alpha value is -0.980. The highest BCUT2D eigenvalue weighted by Crippen LogP contribution is 2.42. The molecule has 22 heavy (non-hydrogen) atoms. The molecule has 1 aliphatic carbocycles. The maximum atomic E-state index is 6.24. The predicted octanol–water partition coefficient (Wildman–Crippen LogP) is 3.87. The van der Waals surface area contributed by atoms with Gasteiger partial charge in [-0.15, -0.1) is 0 Å². The fourth-order valence-electron chi connectivity index (χ4n) is 3.17. The van der Waals surface area contributed by atoms with Crippen molar-refractivity contribution in [2.75, 3.05) is 4.90 Å². The van der Waals surface area contributed by atoms with Crippen LogP contribution in [0, 0.1) is 0 Å². The fraction of sp³-hybridized carbons (Fsp3) is 0.429. The summed E-state index contributed by atoms with van der Waals surface area (Å²) < 4.78 is 0.660. The van der Waals surface area contributed by atoms with Crippen molar-refractivity contribution >= 4 is 56.7 Å². The van der Waals surface area contributed by atoms with Gasteiger partial charge in [0.2, 0.25) is 11.9 Å². The van der Waals surface area contributed by atoms with Crippen LogP contribution in [0.3, 0.4) is 0 Å². The van der Waals surface area contributed by atoms with E-state index in [1.54, 1.807) is 0 Å². The van der Waals surface area contributed by atoms with E-state index in [0.29, 0.717) is 20.5 Å². The lowest BCUT2D eigenvalue weighted by molar-refractivity contribution is 0.305. The zero-order chi connectivity index (χ0) is 15.9. The maximum absolute atomic E-state index is 6.24. The van der Waals surface area contributed by atoms with E-state index in [4.69, 9.17) is 34.7 Å². The number of guanidine groups is 2. The van der Waals surface area contributed by atoms with Crippen LogP contribution < -0.4 is 16.4 Å². The van der Waals surface area contributed by atoms with Crippen molar-refractivity contribution < 1.29 is 0 Å². The lowest BCUT2D eigenvalue weighted by Crippen LogP contribution is -2.58. The molecule has 0 saturated heterocycles. The molecule has 1 aromatic rings. The Kier molecular flexibility index (Phi) is 4.27. The number of halogens is 3. The van der Waals surface area contributed by atoms with Crippen molar-refractivity contribution in [3.05, 3.63) is 26.7 Å². The predicted molar refractivity (Wildman–Crippen MR) is 95.7 cm³/mol. The van der Waals surface area contributed by atoms with Crippen LogP contribution in [-0.4, -0.2) is 17.6 Å². The van der Waals surface area contributed by atoms with Gasteiger partial charge in [-0.05, 0) is 53.7 Å². The van der Waals surface area contributed by atoms with E-state index in [-0.39, 0.29) is 5.96 Å². The summed E-state index contributed by atoms with van der Waals surface area (Å²) in [5, 5.41) is 1.03. The minimum atomic E-state index is -0.491. The molecule has 1 heterocycles. The molecule has 118 valence electrons. The monoisotopic (exact) mass is 403 g/mol. The first-order valence-corrected chi connectivity index (χ1v) is 8.62. The first kappa shape index (κ1) is 15.9. The molecule has 1 fully saturated rings. The standard InChI is InChI=1S/C14H16BrCl2N5/c15-11-9(16)6-8(7-10(11)17)22-13(19)20-12(18)21-14(22)4-2-1-3-5-14/h6-7H,1-5H2,(H4,18,19,20,21). The molecule has 0 unspecified atom stereocenters. The number of rotatable bonds is 1. The molecule has 2 aliphatic rings. The van der Waals surface area contributed by atoms with Crippen LogP contribution in [0.5, 0.6) is 0 Å². The van der Waals surface area contributed by atoms with Crippen LogP contribution >= 0.6 is 39.1 Å². The van der Waals surface area contributed by atoms with Gasteiger partial charge in [0.25, 0.3) is 0 Å². The molecular formula is C14H16BrCl2N5. The summed E-state index contributed by atoms with van der Waals surface area (Å²) in [6, 6.07) is 3.63. The molecule has 1 saturated carbocycles. The van der Waals surface area contributed by atoms with Crippen LogP contribution in [-0.2, 0) is 0 Å². The number of nitrogens with two attached hydrogens (primary N) is 2. The van der Waals surface area contributed by atoms with Gasteiger partial charge in [-0.2, -0.15) is 4.99 Å². The Morgan fingerprint density at radius 3 is 2.27 bits per heavy atom. The third-order valence-electron chi connectivity index (χ3n) is 4.08. The number of hydrogen-bond acceptors (Lipinski definition) is 5. The van der Waals surface area contributed by atoms with E-state index >= 15 is 0 Å². The lowest BCUT2D eigenvalue weighted by Gasteiger charge is -2.45. The number of hydrogen-bond donors (Lipinski definition) is 2. The first-order chi connectivity index (χ1) is 10.4. The van der Waals surface area contributed by atoms with Gasteiger partial charge in [0.15, 0.2) is 0 Å². The largest absolute Gasteiger partial charge is 0.369 e. The van der Waals surface area contributed by atoms with Crippen molar-refractivity contribution in [3.63, 3.8) is 0 Å². The van der Waals surface area contributed by atoms with Gasteiger partial charge in [0.05, 0.1) is 14.5 Å². The molecule has 1 aromatic carbocycles. The number of aliphatic imine (C=N–C) groups is 2. The Morgan fingerprint density at radius 1 is 1.09 bits per heavy atom. The normalized spacial score (nSPS) is 20.8. The van der Waals surface area contributed by atoms with Gasteiger partial charge in [-0.1, -0.05) is 29.6 Å². The Morgan fingerprint density at radius 2 is 1.68 bits per heavy atom. The zero-order valence-corrected chi connectivity index (χ0v) is 14.9. The highest BCUT2D eigenvalue weighted by molar-refractivity contribution is 9.10. The summed E-state index contributed by atoms with van der Waals surface area (Å²) >= 11 is 15.8. The minimum absolute atomic E-state index is 0.227. The molecule has 0 radical (unpaired) electrons. The van der Waals surface area contributed by atoms with Crippen LogP contribution in [0.15, 0.2) is 26.6 Å². The lowest BCUT2D eigenvalue weighted by atomic mass is 9.87. The summed E-state index contributed by atoms with van der Waals surface area (Å²) in [5.41, 5.74) is 12.3. The van der Waals surface area contributed by atoms with Crippen LogP contribution in [0.25, 0.3) is 0 Å². The number of benzene rings is 1. The highest BCUT2D eigenvalue weighted by Gasteiger charge is 2.42. The van der Waals surface area contributed by atoms with E-state index in [2.05, 4.69) is 25.9 Å². The molecule has 3 rings (SSSR count). The molecular weight excluding hydrogens is 389 g/mol. The van der Waals surface area contributed by atoms with Crippen LogP contribution in [0.4, 0.5) is 5.69 Å². The smallest absolute Gasteiger partial charge is 0.220 e. The average Bonchev–Trinajstić information content (AvgIpc) is 2.44. The van der Waals surface area contributed by atoms with Crippen LogP contribution in [0.1, 0.15) is 32.1 Å². The second-order valence-electron chi connectivity index (χ2n) is 5.54. The van der Waals surface area contributed by atoms with E-state index in [1.165, 1.54) is 6.42 Å².